The minimum absolute atomic E-state index is 0.0565. The second kappa shape index (κ2) is 10.7. The van der Waals surface area contributed by atoms with Gasteiger partial charge in [0.25, 0.3) is 11.6 Å². The lowest BCUT2D eigenvalue weighted by atomic mass is 10.1. The fourth-order valence-corrected chi connectivity index (χ4v) is 3.75. The Morgan fingerprint density at radius 2 is 1.67 bits per heavy atom. The van der Waals surface area contributed by atoms with Gasteiger partial charge in [0.05, 0.1) is 34.2 Å². The van der Waals surface area contributed by atoms with Crippen LogP contribution < -0.4 is 4.90 Å². The zero-order valence-corrected chi connectivity index (χ0v) is 19.5. The number of nitro groups is 1. The Morgan fingerprint density at radius 1 is 0.970 bits per heavy atom. The van der Waals surface area contributed by atoms with E-state index < -0.39 is 16.8 Å². The number of hydrogen-bond acceptors (Lipinski definition) is 5. The molecule has 0 heterocycles. The highest BCUT2D eigenvalue weighted by molar-refractivity contribution is 6.35. The second-order valence-electron chi connectivity index (χ2n) is 6.82. The molecule has 0 aliphatic carbocycles. The lowest BCUT2D eigenvalue weighted by molar-refractivity contribution is -0.384. The number of benzene rings is 3. The molecule has 33 heavy (non-hydrogen) atoms. The summed E-state index contributed by atoms with van der Waals surface area (Å²) in [6.07, 6.45) is 0. The van der Waals surface area contributed by atoms with Gasteiger partial charge in [-0.1, -0.05) is 40.9 Å². The maximum Gasteiger partial charge on any atom is 0.338 e. The first-order valence-electron chi connectivity index (χ1n) is 9.68. The minimum atomic E-state index is -0.598. The van der Waals surface area contributed by atoms with Gasteiger partial charge in [-0.25, -0.2) is 4.79 Å². The summed E-state index contributed by atoms with van der Waals surface area (Å²) in [4.78, 5) is 37.3. The largest absolute Gasteiger partial charge is 0.462 e. The average Bonchev–Trinajstić information content (AvgIpc) is 2.78. The molecule has 3 aromatic rings. The van der Waals surface area contributed by atoms with E-state index in [1.54, 1.807) is 37.3 Å². The Bertz CT molecular complexity index is 1220. The number of non-ortho nitro benzene ring substituents is 1. The number of carbonyl (C=O) groups excluding carboxylic acids is 2. The van der Waals surface area contributed by atoms with Gasteiger partial charge in [-0.15, -0.1) is 0 Å². The van der Waals surface area contributed by atoms with Crippen molar-refractivity contribution in [3.8, 4) is 0 Å². The summed E-state index contributed by atoms with van der Waals surface area (Å²) in [5, 5.41) is 11.8. The Balaban J connectivity index is 2.02. The summed E-state index contributed by atoms with van der Waals surface area (Å²) in [6, 6.07) is 14.8. The van der Waals surface area contributed by atoms with Crippen molar-refractivity contribution >= 4 is 58.1 Å². The molecular formula is C23H17Cl3N2O5. The predicted molar refractivity (Wildman–Crippen MR) is 127 cm³/mol. The predicted octanol–water partition coefficient (Wildman–Crippen LogP) is 6.58. The lowest BCUT2D eigenvalue weighted by Crippen LogP contribution is -2.31. The molecule has 0 aliphatic rings. The van der Waals surface area contributed by atoms with E-state index in [-0.39, 0.29) is 29.4 Å². The Kier molecular flexibility index (Phi) is 7.92. The van der Waals surface area contributed by atoms with Crippen molar-refractivity contribution in [2.24, 2.45) is 0 Å². The molecule has 0 unspecified atom stereocenters. The van der Waals surface area contributed by atoms with Crippen molar-refractivity contribution in [2.75, 3.05) is 11.5 Å². The molecule has 10 heteroatoms. The number of nitrogens with zero attached hydrogens (tertiary/aromatic N) is 2. The number of rotatable bonds is 7. The summed E-state index contributed by atoms with van der Waals surface area (Å²) in [5.41, 5.74) is 1.23. The number of nitro benzene ring substituents is 1. The number of halogens is 3. The molecule has 0 bridgehead atoms. The van der Waals surface area contributed by atoms with Gasteiger partial charge in [0, 0.05) is 27.9 Å². The number of carbonyl (C=O) groups is 2. The van der Waals surface area contributed by atoms with E-state index in [9.17, 15) is 19.7 Å². The van der Waals surface area contributed by atoms with Crippen LogP contribution in [0, 0.1) is 10.1 Å². The smallest absolute Gasteiger partial charge is 0.338 e. The molecule has 170 valence electrons. The highest BCUT2D eigenvalue weighted by atomic mass is 35.5. The third-order valence-electron chi connectivity index (χ3n) is 4.67. The maximum atomic E-state index is 13.5. The van der Waals surface area contributed by atoms with Crippen LogP contribution in [0.5, 0.6) is 0 Å². The zero-order valence-electron chi connectivity index (χ0n) is 17.3. The zero-order chi connectivity index (χ0) is 24.1. The van der Waals surface area contributed by atoms with E-state index in [1.807, 2.05) is 0 Å². The second-order valence-corrected chi connectivity index (χ2v) is 8.07. The standard InChI is InChI=1S/C23H17Cl3N2O5/c1-2-33-23(30)14-4-7-17(8-5-14)27(13-15-3-6-16(24)11-20(15)25)22(29)19-10-9-18(28(31)32)12-21(19)26/h3-12H,2,13H2,1H3. The van der Waals surface area contributed by atoms with Crippen LogP contribution >= 0.6 is 34.8 Å². The number of amides is 1. The highest BCUT2D eigenvalue weighted by Gasteiger charge is 2.23. The molecule has 0 radical (unpaired) electrons. The van der Waals surface area contributed by atoms with Crippen LogP contribution in [0.3, 0.4) is 0 Å². The van der Waals surface area contributed by atoms with Gasteiger partial charge in [0.2, 0.25) is 0 Å². The first kappa shape index (κ1) is 24.5. The van der Waals surface area contributed by atoms with E-state index in [0.29, 0.717) is 26.9 Å². The van der Waals surface area contributed by atoms with Gasteiger partial charge in [-0.3, -0.25) is 14.9 Å². The summed E-state index contributed by atoms with van der Waals surface area (Å²) in [7, 11) is 0. The Hall–Kier alpha value is -3.13. The topological polar surface area (TPSA) is 89.8 Å². The van der Waals surface area contributed by atoms with Gasteiger partial charge in [0.1, 0.15) is 0 Å². The van der Waals surface area contributed by atoms with Gasteiger partial charge >= 0.3 is 5.97 Å². The van der Waals surface area contributed by atoms with Crippen molar-refractivity contribution in [3.05, 3.63) is 103 Å². The fourth-order valence-electron chi connectivity index (χ4n) is 3.03. The van der Waals surface area contributed by atoms with Crippen LogP contribution in [-0.2, 0) is 11.3 Å². The summed E-state index contributed by atoms with van der Waals surface area (Å²) < 4.78 is 4.99. The van der Waals surface area contributed by atoms with Crippen molar-refractivity contribution in [2.45, 2.75) is 13.5 Å². The van der Waals surface area contributed by atoms with Gasteiger partial charge in [-0.05, 0) is 55.0 Å². The van der Waals surface area contributed by atoms with Crippen LogP contribution in [0.2, 0.25) is 15.1 Å². The molecule has 3 rings (SSSR count). The first-order chi connectivity index (χ1) is 15.7. The summed E-state index contributed by atoms with van der Waals surface area (Å²) in [5.74, 6) is -0.995. The molecule has 0 saturated heterocycles. The number of anilines is 1. The van der Waals surface area contributed by atoms with Gasteiger partial charge < -0.3 is 9.64 Å². The number of esters is 1. The third kappa shape index (κ3) is 5.82. The number of ether oxygens (including phenoxy) is 1. The highest BCUT2D eigenvalue weighted by Crippen LogP contribution is 2.29. The van der Waals surface area contributed by atoms with Gasteiger partial charge in [-0.2, -0.15) is 0 Å². The van der Waals surface area contributed by atoms with Crippen LogP contribution in [0.1, 0.15) is 33.2 Å². The van der Waals surface area contributed by atoms with Crippen LogP contribution in [-0.4, -0.2) is 23.4 Å². The normalized spacial score (nSPS) is 10.5. The third-order valence-corrected chi connectivity index (χ3v) is 5.57. The molecule has 0 saturated carbocycles. The van der Waals surface area contributed by atoms with Crippen LogP contribution in [0.15, 0.2) is 60.7 Å². The molecule has 3 aromatic carbocycles. The molecule has 1 amide bonds. The molecule has 0 fully saturated rings. The fraction of sp³-hybridized carbons (Fsp3) is 0.130. The lowest BCUT2D eigenvalue weighted by Gasteiger charge is -2.24. The quantitative estimate of drug-likeness (QED) is 0.205. The Labute approximate surface area is 204 Å². The molecule has 0 spiro atoms. The molecule has 0 aromatic heterocycles. The van der Waals surface area contributed by atoms with Crippen molar-refractivity contribution in [1.82, 2.24) is 0 Å². The maximum absolute atomic E-state index is 13.5. The van der Waals surface area contributed by atoms with Crippen molar-refractivity contribution < 1.29 is 19.2 Å². The minimum Gasteiger partial charge on any atom is -0.462 e. The summed E-state index contributed by atoms with van der Waals surface area (Å²) in [6.45, 7) is 2.00. The van der Waals surface area contributed by atoms with E-state index in [1.165, 1.54) is 29.2 Å². The average molecular weight is 508 g/mol. The van der Waals surface area contributed by atoms with E-state index in [4.69, 9.17) is 39.5 Å². The van der Waals surface area contributed by atoms with Crippen molar-refractivity contribution in [3.63, 3.8) is 0 Å². The van der Waals surface area contributed by atoms with Crippen LogP contribution in [0.4, 0.5) is 11.4 Å². The molecule has 7 nitrogen and oxygen atoms in total. The van der Waals surface area contributed by atoms with Crippen molar-refractivity contribution in [1.29, 1.82) is 0 Å². The Morgan fingerprint density at radius 3 is 2.24 bits per heavy atom. The number of hydrogen-bond donors (Lipinski definition) is 0. The SMILES string of the molecule is CCOC(=O)c1ccc(N(Cc2ccc(Cl)cc2Cl)C(=O)c2ccc([N+](=O)[O-])cc2Cl)cc1. The molecule has 0 atom stereocenters. The van der Waals surface area contributed by atoms with E-state index in [2.05, 4.69) is 0 Å². The van der Waals surface area contributed by atoms with Crippen LogP contribution in [0.25, 0.3) is 0 Å². The van der Waals surface area contributed by atoms with E-state index >= 15 is 0 Å². The molecular weight excluding hydrogens is 491 g/mol. The molecule has 0 aliphatic heterocycles. The monoisotopic (exact) mass is 506 g/mol. The first-order valence-corrected chi connectivity index (χ1v) is 10.8. The molecule has 0 N–H and O–H groups in total. The van der Waals surface area contributed by atoms with Gasteiger partial charge in [0.15, 0.2) is 0 Å². The summed E-state index contributed by atoms with van der Waals surface area (Å²) >= 11 is 18.5. The van der Waals surface area contributed by atoms with E-state index in [0.717, 1.165) is 6.07 Å².